The first-order valence-corrected chi connectivity index (χ1v) is 8.53. The Morgan fingerprint density at radius 2 is 2.00 bits per heavy atom. The monoisotopic (exact) mass is 314 g/mol. The molecule has 0 bridgehead atoms. The average Bonchev–Trinajstić information content (AvgIpc) is 3.02. The smallest absolute Gasteiger partial charge is 0.0967 e. The van der Waals surface area contributed by atoms with Crippen LogP contribution in [0.5, 0.6) is 0 Å². The Morgan fingerprint density at radius 3 is 2.78 bits per heavy atom. The Hall–Kier alpha value is -1.72. The van der Waals surface area contributed by atoms with Gasteiger partial charge in [0.1, 0.15) is 0 Å². The van der Waals surface area contributed by atoms with E-state index >= 15 is 0 Å². The number of aliphatic hydroxyl groups is 1. The summed E-state index contributed by atoms with van der Waals surface area (Å²) < 4.78 is 1.87. The van der Waals surface area contributed by atoms with Crippen LogP contribution < -0.4 is 0 Å². The molecule has 0 aliphatic heterocycles. The SMILES string of the molecule is CN(CCc1ccccc1)Cc1cn([C@@H]2CCCC[C@H]2O)nn1. The molecule has 1 aliphatic rings. The summed E-state index contributed by atoms with van der Waals surface area (Å²) >= 11 is 0. The molecule has 1 aromatic carbocycles. The van der Waals surface area contributed by atoms with Crippen molar-refractivity contribution in [3.63, 3.8) is 0 Å². The van der Waals surface area contributed by atoms with Crippen molar-refractivity contribution >= 4 is 0 Å². The van der Waals surface area contributed by atoms with Gasteiger partial charge in [0.05, 0.1) is 24.0 Å². The summed E-state index contributed by atoms with van der Waals surface area (Å²) in [6, 6.07) is 10.6. The molecule has 2 aromatic rings. The van der Waals surface area contributed by atoms with Gasteiger partial charge in [-0.1, -0.05) is 48.4 Å². The van der Waals surface area contributed by atoms with Gasteiger partial charge in [0.2, 0.25) is 0 Å². The lowest BCUT2D eigenvalue weighted by molar-refractivity contribution is 0.0685. The third kappa shape index (κ3) is 4.39. The molecule has 0 amide bonds. The molecular formula is C18H26N4O. The lowest BCUT2D eigenvalue weighted by Gasteiger charge is -2.27. The van der Waals surface area contributed by atoms with Crippen LogP contribution in [0.3, 0.4) is 0 Å². The van der Waals surface area contributed by atoms with Crippen molar-refractivity contribution in [1.82, 2.24) is 19.9 Å². The number of rotatable bonds is 6. The van der Waals surface area contributed by atoms with Gasteiger partial charge < -0.3 is 10.0 Å². The largest absolute Gasteiger partial charge is 0.391 e. The van der Waals surface area contributed by atoms with Crippen molar-refractivity contribution in [2.45, 2.75) is 50.8 Å². The molecule has 1 heterocycles. The van der Waals surface area contributed by atoms with Gasteiger partial charge in [-0.15, -0.1) is 5.10 Å². The molecule has 5 heteroatoms. The van der Waals surface area contributed by atoms with Gasteiger partial charge in [-0.3, -0.25) is 0 Å². The molecule has 5 nitrogen and oxygen atoms in total. The minimum Gasteiger partial charge on any atom is -0.391 e. The van der Waals surface area contributed by atoms with Crippen LogP contribution in [0.1, 0.15) is 43.0 Å². The molecule has 0 unspecified atom stereocenters. The first-order chi connectivity index (χ1) is 11.2. The number of aromatic nitrogens is 3. The molecule has 1 N–H and O–H groups in total. The van der Waals surface area contributed by atoms with Crippen LogP contribution >= 0.6 is 0 Å². The third-order valence-electron chi connectivity index (χ3n) is 4.65. The zero-order valence-corrected chi connectivity index (χ0v) is 13.8. The number of aliphatic hydroxyl groups excluding tert-OH is 1. The van der Waals surface area contributed by atoms with Crippen LogP contribution in [0.2, 0.25) is 0 Å². The van der Waals surface area contributed by atoms with Crippen LogP contribution in [-0.2, 0) is 13.0 Å². The average molecular weight is 314 g/mol. The van der Waals surface area contributed by atoms with Crippen LogP contribution in [0.25, 0.3) is 0 Å². The van der Waals surface area contributed by atoms with Crippen LogP contribution in [0, 0.1) is 0 Å². The van der Waals surface area contributed by atoms with Gasteiger partial charge in [-0.05, 0) is 31.9 Å². The molecule has 1 fully saturated rings. The molecule has 0 radical (unpaired) electrons. The molecule has 1 aromatic heterocycles. The van der Waals surface area contributed by atoms with Crippen LogP contribution in [0.15, 0.2) is 36.5 Å². The molecule has 124 valence electrons. The first kappa shape index (κ1) is 16.1. The summed E-state index contributed by atoms with van der Waals surface area (Å²) in [7, 11) is 2.11. The van der Waals surface area contributed by atoms with Crippen molar-refractivity contribution in [2.24, 2.45) is 0 Å². The molecule has 1 saturated carbocycles. The number of hydrogen-bond acceptors (Lipinski definition) is 4. The summed E-state index contributed by atoms with van der Waals surface area (Å²) in [5.74, 6) is 0. The van der Waals surface area contributed by atoms with E-state index in [0.717, 1.165) is 50.9 Å². The van der Waals surface area contributed by atoms with Gasteiger partial charge in [0.15, 0.2) is 0 Å². The minimum absolute atomic E-state index is 0.0969. The van der Waals surface area contributed by atoms with Crippen molar-refractivity contribution in [3.05, 3.63) is 47.8 Å². The molecule has 3 rings (SSSR count). The maximum Gasteiger partial charge on any atom is 0.0967 e. The molecule has 23 heavy (non-hydrogen) atoms. The molecule has 1 aliphatic carbocycles. The molecular weight excluding hydrogens is 288 g/mol. The Kier molecular flexibility index (Phi) is 5.41. The van der Waals surface area contributed by atoms with Gasteiger partial charge >= 0.3 is 0 Å². The van der Waals surface area contributed by atoms with Crippen molar-refractivity contribution in [2.75, 3.05) is 13.6 Å². The van der Waals surface area contributed by atoms with Gasteiger partial charge in [-0.2, -0.15) is 0 Å². The zero-order chi connectivity index (χ0) is 16.1. The Bertz CT molecular complexity index is 598. The second-order valence-corrected chi connectivity index (χ2v) is 6.58. The predicted molar refractivity (Wildman–Crippen MR) is 90.0 cm³/mol. The summed E-state index contributed by atoms with van der Waals surface area (Å²) in [6.07, 6.45) is 6.89. The summed E-state index contributed by atoms with van der Waals surface area (Å²) in [5, 5.41) is 18.6. The van der Waals surface area contributed by atoms with Gasteiger partial charge in [0.25, 0.3) is 0 Å². The van der Waals surface area contributed by atoms with E-state index in [1.165, 1.54) is 5.56 Å². The third-order valence-corrected chi connectivity index (χ3v) is 4.65. The summed E-state index contributed by atoms with van der Waals surface area (Å²) in [5.41, 5.74) is 2.33. The summed E-state index contributed by atoms with van der Waals surface area (Å²) in [6.45, 7) is 1.78. The summed E-state index contributed by atoms with van der Waals surface area (Å²) in [4.78, 5) is 2.26. The topological polar surface area (TPSA) is 54.2 Å². The second kappa shape index (κ2) is 7.70. The lowest BCUT2D eigenvalue weighted by atomic mass is 9.93. The maximum atomic E-state index is 10.1. The lowest BCUT2D eigenvalue weighted by Crippen LogP contribution is -2.28. The van der Waals surface area contributed by atoms with E-state index in [1.807, 2.05) is 16.9 Å². The maximum absolute atomic E-state index is 10.1. The molecule has 0 spiro atoms. The zero-order valence-electron chi connectivity index (χ0n) is 13.8. The van der Waals surface area contributed by atoms with Crippen molar-refractivity contribution in [1.29, 1.82) is 0 Å². The van der Waals surface area contributed by atoms with E-state index in [-0.39, 0.29) is 12.1 Å². The fourth-order valence-electron chi connectivity index (χ4n) is 3.27. The Morgan fingerprint density at radius 1 is 1.22 bits per heavy atom. The highest BCUT2D eigenvalue weighted by molar-refractivity contribution is 5.14. The molecule has 2 atom stereocenters. The van der Waals surface area contributed by atoms with E-state index in [4.69, 9.17) is 0 Å². The highest BCUT2D eigenvalue weighted by Gasteiger charge is 2.25. The van der Waals surface area contributed by atoms with Gasteiger partial charge in [-0.25, -0.2) is 4.68 Å². The van der Waals surface area contributed by atoms with E-state index < -0.39 is 0 Å². The van der Waals surface area contributed by atoms with E-state index in [0.29, 0.717) is 0 Å². The van der Waals surface area contributed by atoms with Gasteiger partial charge in [0, 0.05) is 13.1 Å². The normalized spacial score (nSPS) is 21.7. The Balaban J connectivity index is 1.52. The quantitative estimate of drug-likeness (QED) is 0.890. The minimum atomic E-state index is -0.283. The van der Waals surface area contributed by atoms with Crippen LogP contribution in [-0.4, -0.2) is 44.7 Å². The number of likely N-dealkylation sites (N-methyl/N-ethyl adjacent to an activating group) is 1. The fraction of sp³-hybridized carbons (Fsp3) is 0.556. The first-order valence-electron chi connectivity index (χ1n) is 8.53. The van der Waals surface area contributed by atoms with Crippen molar-refractivity contribution in [3.8, 4) is 0 Å². The number of benzene rings is 1. The second-order valence-electron chi connectivity index (χ2n) is 6.58. The molecule has 0 saturated heterocycles. The highest BCUT2D eigenvalue weighted by Crippen LogP contribution is 2.27. The number of hydrogen-bond donors (Lipinski definition) is 1. The van der Waals surface area contributed by atoms with E-state index in [2.05, 4.69) is 46.5 Å². The highest BCUT2D eigenvalue weighted by atomic mass is 16.3. The van der Waals surface area contributed by atoms with E-state index in [1.54, 1.807) is 0 Å². The number of nitrogens with zero attached hydrogens (tertiary/aromatic N) is 4. The van der Waals surface area contributed by atoms with Crippen LogP contribution in [0.4, 0.5) is 0 Å². The van der Waals surface area contributed by atoms with E-state index in [9.17, 15) is 5.11 Å². The Labute approximate surface area is 137 Å². The van der Waals surface area contributed by atoms with Crippen molar-refractivity contribution < 1.29 is 5.11 Å². The predicted octanol–water partition coefficient (Wildman–Crippen LogP) is 2.43. The fourth-order valence-corrected chi connectivity index (χ4v) is 3.27. The standard InChI is InChI=1S/C18H26N4O/c1-21(12-11-15-7-3-2-4-8-15)13-16-14-22(20-19-16)17-9-5-6-10-18(17)23/h2-4,7-8,14,17-18,23H,5-6,9-13H2,1H3/t17-,18-/m1/s1.